The largest absolute Gasteiger partial charge is 0.416 e. The average molecular weight is 277 g/mol. The van der Waals surface area contributed by atoms with Gasteiger partial charge in [0.2, 0.25) is 0 Å². The highest BCUT2D eigenvalue weighted by molar-refractivity contribution is 5.73. The molecular formula is C14H10F3N3. The second kappa shape index (κ2) is 5.13. The number of nitrogens with one attached hydrogen (secondary N) is 1. The van der Waals surface area contributed by atoms with Gasteiger partial charge >= 0.3 is 6.18 Å². The minimum atomic E-state index is -4.42. The number of benzene rings is 2. The fraction of sp³-hybridized carbons (Fsp3) is 0.0714. The quantitative estimate of drug-likeness (QED) is 0.818. The molecule has 0 fully saturated rings. The summed E-state index contributed by atoms with van der Waals surface area (Å²) in [6.45, 7) is 0. The monoisotopic (exact) mass is 277 g/mol. The van der Waals surface area contributed by atoms with Gasteiger partial charge in [-0.25, -0.2) is 0 Å². The van der Waals surface area contributed by atoms with Gasteiger partial charge in [-0.15, -0.1) is 0 Å². The van der Waals surface area contributed by atoms with Crippen molar-refractivity contribution in [1.82, 2.24) is 0 Å². The maximum Gasteiger partial charge on any atom is 0.416 e. The van der Waals surface area contributed by atoms with Gasteiger partial charge in [-0.2, -0.15) is 18.4 Å². The minimum absolute atomic E-state index is 0.00387. The van der Waals surface area contributed by atoms with Crippen molar-refractivity contribution in [3.8, 4) is 6.07 Å². The summed E-state index contributed by atoms with van der Waals surface area (Å²) < 4.78 is 37.5. The molecular weight excluding hydrogens is 267 g/mol. The van der Waals surface area contributed by atoms with E-state index in [-0.39, 0.29) is 5.69 Å². The number of alkyl halides is 3. The zero-order valence-electron chi connectivity index (χ0n) is 10.2. The molecule has 6 heteroatoms. The zero-order valence-corrected chi connectivity index (χ0v) is 10.2. The fourth-order valence-electron chi connectivity index (χ4n) is 1.64. The molecule has 2 aromatic carbocycles. The molecule has 0 unspecified atom stereocenters. The molecule has 0 aliphatic rings. The first-order valence-corrected chi connectivity index (χ1v) is 5.64. The van der Waals surface area contributed by atoms with Crippen LogP contribution in [0.3, 0.4) is 0 Å². The smallest absolute Gasteiger partial charge is 0.397 e. The SMILES string of the molecule is N#Cc1ccc(Nc2ccc(C(F)(F)F)cc2N)cc1. The first-order valence-electron chi connectivity index (χ1n) is 5.64. The summed E-state index contributed by atoms with van der Waals surface area (Å²) >= 11 is 0. The van der Waals surface area contributed by atoms with E-state index in [9.17, 15) is 13.2 Å². The molecule has 0 aromatic heterocycles. The van der Waals surface area contributed by atoms with E-state index in [0.717, 1.165) is 12.1 Å². The Morgan fingerprint density at radius 1 is 1.05 bits per heavy atom. The highest BCUT2D eigenvalue weighted by Crippen LogP contribution is 2.33. The molecule has 3 nitrogen and oxygen atoms in total. The number of rotatable bonds is 2. The van der Waals surface area contributed by atoms with E-state index in [4.69, 9.17) is 11.0 Å². The van der Waals surface area contributed by atoms with Crippen LogP contribution in [0.2, 0.25) is 0 Å². The molecule has 0 saturated heterocycles. The van der Waals surface area contributed by atoms with Gasteiger partial charge in [-0.3, -0.25) is 0 Å². The zero-order chi connectivity index (χ0) is 14.8. The van der Waals surface area contributed by atoms with Crippen molar-refractivity contribution in [3.05, 3.63) is 53.6 Å². The topological polar surface area (TPSA) is 61.8 Å². The number of halogens is 3. The molecule has 20 heavy (non-hydrogen) atoms. The summed E-state index contributed by atoms with van der Waals surface area (Å²) in [5, 5.41) is 11.6. The first-order chi connectivity index (χ1) is 9.40. The lowest BCUT2D eigenvalue weighted by atomic mass is 10.1. The highest BCUT2D eigenvalue weighted by Gasteiger charge is 2.30. The second-order valence-corrected chi connectivity index (χ2v) is 4.11. The predicted molar refractivity (Wildman–Crippen MR) is 70.3 cm³/mol. The van der Waals surface area contributed by atoms with E-state index in [0.29, 0.717) is 16.9 Å². The molecule has 0 bridgehead atoms. The highest BCUT2D eigenvalue weighted by atomic mass is 19.4. The molecule has 0 amide bonds. The van der Waals surface area contributed by atoms with Gasteiger partial charge in [0, 0.05) is 5.69 Å². The van der Waals surface area contributed by atoms with E-state index in [1.54, 1.807) is 24.3 Å². The Morgan fingerprint density at radius 3 is 2.20 bits per heavy atom. The number of nitrogens with two attached hydrogens (primary N) is 1. The van der Waals surface area contributed by atoms with Crippen molar-refractivity contribution < 1.29 is 13.2 Å². The Kier molecular flexibility index (Phi) is 3.53. The van der Waals surface area contributed by atoms with Crippen molar-refractivity contribution in [2.45, 2.75) is 6.18 Å². The van der Waals surface area contributed by atoms with Crippen LogP contribution in [0.5, 0.6) is 0 Å². The van der Waals surface area contributed by atoms with E-state index >= 15 is 0 Å². The van der Waals surface area contributed by atoms with Crippen molar-refractivity contribution in [2.75, 3.05) is 11.1 Å². The number of hydrogen-bond acceptors (Lipinski definition) is 3. The lowest BCUT2D eigenvalue weighted by molar-refractivity contribution is -0.137. The van der Waals surface area contributed by atoms with Gasteiger partial charge in [-0.1, -0.05) is 0 Å². The maximum atomic E-state index is 12.5. The van der Waals surface area contributed by atoms with Gasteiger partial charge in [0.1, 0.15) is 0 Å². The second-order valence-electron chi connectivity index (χ2n) is 4.11. The van der Waals surface area contributed by atoms with Gasteiger partial charge in [0.05, 0.1) is 28.6 Å². The molecule has 0 radical (unpaired) electrons. The third kappa shape index (κ3) is 3.01. The fourth-order valence-corrected chi connectivity index (χ4v) is 1.64. The molecule has 0 spiro atoms. The molecule has 0 aliphatic carbocycles. The van der Waals surface area contributed by atoms with Crippen LogP contribution in [0, 0.1) is 11.3 Å². The van der Waals surface area contributed by atoms with Crippen LogP contribution in [0.1, 0.15) is 11.1 Å². The first kappa shape index (κ1) is 13.7. The lowest BCUT2D eigenvalue weighted by Gasteiger charge is -2.12. The van der Waals surface area contributed by atoms with Crippen LogP contribution in [0.4, 0.5) is 30.2 Å². The molecule has 3 N–H and O–H groups in total. The number of anilines is 3. The van der Waals surface area contributed by atoms with Crippen molar-refractivity contribution >= 4 is 17.1 Å². The Balaban J connectivity index is 2.23. The molecule has 0 atom stereocenters. The molecule has 2 aromatic rings. The van der Waals surface area contributed by atoms with E-state index < -0.39 is 11.7 Å². The Bertz CT molecular complexity index is 655. The summed E-state index contributed by atoms with van der Waals surface area (Å²) in [6.07, 6.45) is -4.42. The molecule has 0 heterocycles. The minimum Gasteiger partial charge on any atom is -0.397 e. The van der Waals surface area contributed by atoms with Crippen molar-refractivity contribution in [1.29, 1.82) is 5.26 Å². The van der Waals surface area contributed by atoms with Gasteiger partial charge in [0.25, 0.3) is 0 Å². The molecule has 2 rings (SSSR count). The van der Waals surface area contributed by atoms with Gasteiger partial charge < -0.3 is 11.1 Å². The van der Waals surface area contributed by atoms with Crippen LogP contribution in [0.25, 0.3) is 0 Å². The molecule has 0 aliphatic heterocycles. The average Bonchev–Trinajstić information content (AvgIpc) is 2.41. The van der Waals surface area contributed by atoms with E-state index in [1.807, 2.05) is 6.07 Å². The van der Waals surface area contributed by atoms with Crippen LogP contribution in [-0.4, -0.2) is 0 Å². The van der Waals surface area contributed by atoms with Crippen LogP contribution in [-0.2, 0) is 6.18 Å². The summed E-state index contributed by atoms with van der Waals surface area (Å²) in [4.78, 5) is 0. The van der Waals surface area contributed by atoms with E-state index in [1.165, 1.54) is 6.07 Å². The van der Waals surface area contributed by atoms with Crippen molar-refractivity contribution in [3.63, 3.8) is 0 Å². The number of nitriles is 1. The summed E-state index contributed by atoms with van der Waals surface area (Å²) in [6, 6.07) is 11.6. The van der Waals surface area contributed by atoms with Gasteiger partial charge in [-0.05, 0) is 42.5 Å². The normalized spacial score (nSPS) is 10.9. The standard InChI is InChI=1S/C14H10F3N3/c15-14(16,17)10-3-6-13(12(19)7-10)20-11-4-1-9(8-18)2-5-11/h1-7,20H,19H2. The maximum absolute atomic E-state index is 12.5. The third-order valence-electron chi connectivity index (χ3n) is 2.67. The van der Waals surface area contributed by atoms with Crippen LogP contribution in [0.15, 0.2) is 42.5 Å². The Hall–Kier alpha value is -2.68. The Labute approximate surface area is 113 Å². The van der Waals surface area contributed by atoms with Crippen LogP contribution < -0.4 is 11.1 Å². The van der Waals surface area contributed by atoms with E-state index in [2.05, 4.69) is 5.32 Å². The number of hydrogen-bond donors (Lipinski definition) is 2. The summed E-state index contributed by atoms with van der Waals surface area (Å²) in [7, 11) is 0. The summed E-state index contributed by atoms with van der Waals surface area (Å²) in [5.74, 6) is 0. The van der Waals surface area contributed by atoms with Crippen LogP contribution >= 0.6 is 0 Å². The van der Waals surface area contributed by atoms with Crippen molar-refractivity contribution in [2.24, 2.45) is 0 Å². The Morgan fingerprint density at radius 2 is 1.70 bits per heavy atom. The predicted octanol–water partition coefficient (Wildman–Crippen LogP) is 3.90. The number of nitrogen functional groups attached to an aromatic ring is 1. The molecule has 102 valence electrons. The number of nitrogens with zero attached hydrogens (tertiary/aromatic N) is 1. The summed E-state index contributed by atoms with van der Waals surface area (Å²) in [5.41, 5.74) is 6.33. The lowest BCUT2D eigenvalue weighted by Crippen LogP contribution is -2.06. The molecule has 0 saturated carbocycles. The third-order valence-corrected chi connectivity index (χ3v) is 2.67. The van der Waals surface area contributed by atoms with Gasteiger partial charge in [0.15, 0.2) is 0 Å².